The number of nitrogens with zero attached hydrogens (tertiary/aromatic N) is 1. The van der Waals surface area contributed by atoms with E-state index >= 15 is 0 Å². The van der Waals surface area contributed by atoms with E-state index in [0.29, 0.717) is 12.5 Å². The van der Waals surface area contributed by atoms with Gasteiger partial charge in [-0.25, -0.2) is 4.79 Å². The molecular formula is C8H15NO2. The molecule has 0 heterocycles. The third-order valence-electron chi connectivity index (χ3n) is 1.17. The summed E-state index contributed by atoms with van der Waals surface area (Å²) in [5, 5.41) is 0. The van der Waals surface area contributed by atoms with Crippen LogP contribution in [-0.2, 0) is 9.53 Å². The van der Waals surface area contributed by atoms with Crippen LogP contribution in [0.15, 0.2) is 4.99 Å². The zero-order chi connectivity index (χ0) is 8.85. The maximum Gasteiger partial charge on any atom is 0.330 e. The maximum absolute atomic E-state index is 10.9. The van der Waals surface area contributed by atoms with Crippen LogP contribution in [0.2, 0.25) is 0 Å². The molecule has 0 rings (SSSR count). The molecule has 0 amide bonds. The van der Waals surface area contributed by atoms with Crippen molar-refractivity contribution in [3.63, 3.8) is 0 Å². The number of esters is 1. The van der Waals surface area contributed by atoms with Gasteiger partial charge in [-0.15, -0.1) is 0 Å². The second-order valence-electron chi connectivity index (χ2n) is 2.88. The van der Waals surface area contributed by atoms with Crippen LogP contribution in [0.3, 0.4) is 0 Å². The monoisotopic (exact) mass is 157 g/mol. The smallest absolute Gasteiger partial charge is 0.330 e. The molecule has 64 valence electrons. The first-order chi connectivity index (χ1) is 5.07. The molecule has 0 aromatic heterocycles. The van der Waals surface area contributed by atoms with Gasteiger partial charge >= 0.3 is 5.97 Å². The molecule has 0 fully saturated rings. The molecule has 3 nitrogen and oxygen atoms in total. The summed E-state index contributed by atoms with van der Waals surface area (Å²) in [5.74, 6) is 0.0738. The van der Waals surface area contributed by atoms with Gasteiger partial charge < -0.3 is 4.74 Å². The van der Waals surface area contributed by atoms with Crippen LogP contribution in [0.25, 0.3) is 0 Å². The largest absolute Gasteiger partial charge is 0.464 e. The summed E-state index contributed by atoms with van der Waals surface area (Å²) >= 11 is 0. The van der Waals surface area contributed by atoms with Crippen LogP contribution in [0.4, 0.5) is 0 Å². The van der Waals surface area contributed by atoms with Gasteiger partial charge in [-0.3, -0.25) is 4.99 Å². The Morgan fingerprint density at radius 3 is 2.45 bits per heavy atom. The van der Waals surface area contributed by atoms with E-state index in [2.05, 4.69) is 11.7 Å². The van der Waals surface area contributed by atoms with E-state index in [1.54, 1.807) is 6.92 Å². The van der Waals surface area contributed by atoms with Crippen molar-refractivity contribution in [1.29, 1.82) is 0 Å². The quantitative estimate of drug-likeness (QED) is 0.455. The Hall–Kier alpha value is -0.860. The number of rotatable bonds is 4. The highest BCUT2D eigenvalue weighted by Crippen LogP contribution is 1.97. The molecule has 1 atom stereocenters. The van der Waals surface area contributed by atoms with E-state index < -0.39 is 6.04 Å². The number of carbonyl (C=O) groups excluding carboxylic acids is 1. The summed E-state index contributed by atoms with van der Waals surface area (Å²) < 4.78 is 4.88. The number of hydrogen-bond donors (Lipinski definition) is 0. The van der Waals surface area contributed by atoms with Gasteiger partial charge in [0.1, 0.15) is 6.04 Å². The average Bonchev–Trinajstić information content (AvgIpc) is 1.98. The predicted molar refractivity (Wildman–Crippen MR) is 44.8 cm³/mol. The molecule has 0 aromatic rings. The summed E-state index contributed by atoms with van der Waals surface area (Å²) in [4.78, 5) is 14.5. The van der Waals surface area contributed by atoms with Crippen molar-refractivity contribution in [2.24, 2.45) is 10.9 Å². The van der Waals surface area contributed by atoms with Gasteiger partial charge in [0, 0.05) is 0 Å². The molecule has 0 spiro atoms. The van der Waals surface area contributed by atoms with Gasteiger partial charge in [0.15, 0.2) is 0 Å². The summed E-state index contributed by atoms with van der Waals surface area (Å²) in [5.41, 5.74) is 0. The van der Waals surface area contributed by atoms with Crippen LogP contribution < -0.4 is 0 Å². The molecule has 0 aliphatic heterocycles. The number of carbonyl (C=O) groups is 1. The Labute approximate surface area is 67.5 Å². The number of aliphatic imine (C=N–C) groups is 1. The molecule has 0 aliphatic rings. The average molecular weight is 157 g/mol. The first-order valence-electron chi connectivity index (χ1n) is 3.70. The topological polar surface area (TPSA) is 38.7 Å². The zero-order valence-electron chi connectivity index (χ0n) is 7.33. The lowest BCUT2D eigenvalue weighted by Gasteiger charge is -2.08. The van der Waals surface area contributed by atoms with Gasteiger partial charge in [0.05, 0.1) is 6.61 Å². The van der Waals surface area contributed by atoms with Crippen LogP contribution in [0, 0.1) is 5.92 Å². The van der Waals surface area contributed by atoms with Crippen molar-refractivity contribution < 1.29 is 9.53 Å². The molecule has 0 N–H and O–H groups in total. The summed E-state index contributed by atoms with van der Waals surface area (Å²) in [6.45, 7) is 9.35. The third-order valence-corrected chi connectivity index (χ3v) is 1.17. The lowest BCUT2D eigenvalue weighted by atomic mass is 10.2. The molecule has 0 aromatic carbocycles. The molecule has 0 aliphatic carbocycles. The highest BCUT2D eigenvalue weighted by Gasteiger charge is 2.11. The fourth-order valence-corrected chi connectivity index (χ4v) is 0.444. The SMILES string of the molecule is C=NC(C)C(=O)OCC(C)C. The second kappa shape index (κ2) is 4.88. The van der Waals surface area contributed by atoms with Gasteiger partial charge in [0.25, 0.3) is 0 Å². The Kier molecular flexibility index (Phi) is 4.50. The Balaban J connectivity index is 3.60. The lowest BCUT2D eigenvalue weighted by molar-refractivity contribution is -0.145. The summed E-state index contributed by atoms with van der Waals surface area (Å²) in [6.07, 6.45) is 0. The van der Waals surface area contributed by atoms with E-state index in [4.69, 9.17) is 4.74 Å². The summed E-state index contributed by atoms with van der Waals surface area (Å²) in [6, 6.07) is -0.436. The minimum atomic E-state index is -0.436. The fourth-order valence-electron chi connectivity index (χ4n) is 0.444. The van der Waals surface area contributed by atoms with Crippen molar-refractivity contribution in [3.05, 3.63) is 0 Å². The molecule has 1 unspecified atom stereocenters. The van der Waals surface area contributed by atoms with E-state index in [1.165, 1.54) is 0 Å². The highest BCUT2D eigenvalue weighted by atomic mass is 16.5. The molecule has 0 bridgehead atoms. The van der Waals surface area contributed by atoms with Crippen molar-refractivity contribution in [2.45, 2.75) is 26.8 Å². The molecule has 0 saturated heterocycles. The van der Waals surface area contributed by atoms with E-state index in [0.717, 1.165) is 0 Å². The second-order valence-corrected chi connectivity index (χ2v) is 2.88. The van der Waals surface area contributed by atoms with Gasteiger partial charge in [-0.05, 0) is 19.6 Å². The van der Waals surface area contributed by atoms with Crippen molar-refractivity contribution >= 4 is 12.7 Å². The number of ether oxygens (including phenoxy) is 1. The standard InChI is InChI=1S/C8H15NO2/c1-6(2)5-11-8(10)7(3)9-4/h6-7H,4-5H2,1-3H3. The maximum atomic E-state index is 10.9. The highest BCUT2D eigenvalue weighted by molar-refractivity contribution is 5.76. The van der Waals surface area contributed by atoms with E-state index in [1.807, 2.05) is 13.8 Å². The van der Waals surface area contributed by atoms with Crippen molar-refractivity contribution in [3.8, 4) is 0 Å². The first-order valence-corrected chi connectivity index (χ1v) is 3.70. The Morgan fingerprint density at radius 1 is 1.55 bits per heavy atom. The van der Waals surface area contributed by atoms with E-state index in [-0.39, 0.29) is 5.97 Å². The Morgan fingerprint density at radius 2 is 2.09 bits per heavy atom. The van der Waals surface area contributed by atoms with Gasteiger partial charge in [-0.2, -0.15) is 0 Å². The predicted octanol–water partition coefficient (Wildman–Crippen LogP) is 1.27. The molecular weight excluding hydrogens is 142 g/mol. The van der Waals surface area contributed by atoms with Gasteiger partial charge in [-0.1, -0.05) is 13.8 Å². The molecule has 0 saturated carbocycles. The lowest BCUT2D eigenvalue weighted by Crippen LogP contribution is -2.19. The van der Waals surface area contributed by atoms with Crippen LogP contribution in [-0.4, -0.2) is 25.3 Å². The molecule has 3 heteroatoms. The molecule has 0 radical (unpaired) electrons. The van der Waals surface area contributed by atoms with Crippen LogP contribution >= 0.6 is 0 Å². The first kappa shape index (κ1) is 10.1. The molecule has 11 heavy (non-hydrogen) atoms. The van der Waals surface area contributed by atoms with Crippen LogP contribution in [0.1, 0.15) is 20.8 Å². The minimum Gasteiger partial charge on any atom is -0.464 e. The zero-order valence-corrected chi connectivity index (χ0v) is 7.33. The minimum absolute atomic E-state index is 0.297. The van der Waals surface area contributed by atoms with Crippen molar-refractivity contribution in [2.75, 3.05) is 6.61 Å². The Bertz CT molecular complexity index is 143. The number of hydrogen-bond acceptors (Lipinski definition) is 3. The van der Waals surface area contributed by atoms with Gasteiger partial charge in [0.2, 0.25) is 0 Å². The van der Waals surface area contributed by atoms with Crippen LogP contribution in [0.5, 0.6) is 0 Å². The fraction of sp³-hybridized carbons (Fsp3) is 0.750. The van der Waals surface area contributed by atoms with E-state index in [9.17, 15) is 4.79 Å². The van der Waals surface area contributed by atoms with Crippen molar-refractivity contribution in [1.82, 2.24) is 0 Å². The third kappa shape index (κ3) is 4.53. The normalized spacial score (nSPS) is 12.7. The summed E-state index contributed by atoms with van der Waals surface area (Å²) in [7, 11) is 0.